The third-order valence-corrected chi connectivity index (χ3v) is 4.58. The highest BCUT2D eigenvalue weighted by atomic mass is 16.5. The van der Waals surface area contributed by atoms with Crippen LogP contribution in [0.2, 0.25) is 0 Å². The van der Waals surface area contributed by atoms with Crippen LogP contribution in [-0.2, 0) is 9.47 Å². The van der Waals surface area contributed by atoms with Gasteiger partial charge in [-0.25, -0.2) is 9.59 Å². The third-order valence-electron chi connectivity index (χ3n) is 4.58. The second kappa shape index (κ2) is 8.16. The first-order chi connectivity index (χ1) is 15.0. The van der Waals surface area contributed by atoms with Crippen molar-refractivity contribution in [2.24, 2.45) is 0 Å². The number of rotatable bonds is 6. The first-order valence-corrected chi connectivity index (χ1v) is 9.17. The first kappa shape index (κ1) is 19.9. The van der Waals surface area contributed by atoms with Crippen molar-refractivity contribution in [3.05, 3.63) is 89.5 Å². The smallest absolute Gasteiger partial charge is 0.344 e. The highest BCUT2D eigenvalue weighted by molar-refractivity contribution is 6.02. The van der Waals surface area contributed by atoms with Gasteiger partial charge in [-0.3, -0.25) is 4.79 Å². The van der Waals surface area contributed by atoms with Gasteiger partial charge in [0.15, 0.2) is 6.29 Å². The predicted octanol–water partition coefficient (Wildman–Crippen LogP) is 5.01. The average molecular weight is 416 g/mol. The summed E-state index contributed by atoms with van der Waals surface area (Å²) < 4.78 is 21.2. The van der Waals surface area contributed by atoms with Crippen LogP contribution in [0, 0.1) is 0 Å². The van der Waals surface area contributed by atoms with Crippen molar-refractivity contribution in [2.75, 3.05) is 7.11 Å². The molecule has 1 aliphatic rings. The van der Waals surface area contributed by atoms with E-state index in [2.05, 4.69) is 11.3 Å². The lowest BCUT2D eigenvalue weighted by atomic mass is 10.1. The summed E-state index contributed by atoms with van der Waals surface area (Å²) in [5.74, 6) is 1.26. The molecule has 0 radical (unpaired) electrons. The summed E-state index contributed by atoms with van der Waals surface area (Å²) in [5.41, 5.74) is 1.39. The van der Waals surface area contributed by atoms with Crippen LogP contribution >= 0.6 is 0 Å². The van der Waals surface area contributed by atoms with Crippen LogP contribution < -0.4 is 9.47 Å². The molecule has 0 bridgehead atoms. The van der Waals surface area contributed by atoms with Crippen molar-refractivity contribution in [1.29, 1.82) is 0 Å². The molecule has 0 saturated carbocycles. The number of benzene rings is 3. The van der Waals surface area contributed by atoms with Crippen LogP contribution in [0.15, 0.2) is 67.2 Å². The fourth-order valence-corrected chi connectivity index (χ4v) is 3.06. The van der Waals surface area contributed by atoms with Crippen molar-refractivity contribution in [1.82, 2.24) is 0 Å². The molecule has 0 aromatic heterocycles. The van der Waals surface area contributed by atoms with Gasteiger partial charge in [-0.2, -0.15) is 0 Å². The number of carbonyl (C=O) groups is 3. The molecule has 0 unspecified atom stereocenters. The minimum atomic E-state index is -0.596. The molecule has 0 N–H and O–H groups in total. The molecule has 1 aliphatic heterocycles. The number of hydrogen-bond acceptors (Lipinski definition) is 7. The van der Waals surface area contributed by atoms with Crippen LogP contribution in [0.25, 0.3) is 5.76 Å². The Balaban J connectivity index is 1.47. The Bertz CT molecular complexity index is 1210. The molecule has 7 heteroatoms. The number of hydrogen-bond donors (Lipinski definition) is 0. The van der Waals surface area contributed by atoms with Crippen LogP contribution in [0.5, 0.6) is 23.0 Å². The molecule has 7 nitrogen and oxygen atoms in total. The highest BCUT2D eigenvalue weighted by Gasteiger charge is 2.25. The Morgan fingerprint density at radius 3 is 2.06 bits per heavy atom. The largest absolute Gasteiger partial charge is 0.465 e. The monoisotopic (exact) mass is 416 g/mol. The second-order valence-electron chi connectivity index (χ2n) is 6.55. The molecule has 3 aromatic rings. The Hall–Kier alpha value is -4.39. The van der Waals surface area contributed by atoms with E-state index >= 15 is 0 Å². The van der Waals surface area contributed by atoms with Crippen molar-refractivity contribution in [2.45, 2.75) is 0 Å². The number of methoxy groups -OCH3 is 1. The van der Waals surface area contributed by atoms with Gasteiger partial charge < -0.3 is 18.9 Å². The zero-order chi connectivity index (χ0) is 22.0. The standard InChI is InChI=1S/C24H16O7/c1-14-22-12-19(8-10-21(22)24(27)29-14)31-17-5-3-16(4-6-17)30-18-7-9-20(23(26)28-2)15(11-18)13-25/h3-13H,1H2,2H3. The molecule has 0 amide bonds. The number of ether oxygens (including phenoxy) is 4. The fraction of sp³-hybridized carbons (Fsp3) is 0.0417. The molecule has 3 aromatic carbocycles. The second-order valence-corrected chi connectivity index (χ2v) is 6.55. The zero-order valence-corrected chi connectivity index (χ0v) is 16.4. The van der Waals surface area contributed by atoms with Crippen molar-refractivity contribution < 1.29 is 33.3 Å². The lowest BCUT2D eigenvalue weighted by molar-refractivity contribution is 0.0597. The maximum atomic E-state index is 11.7. The van der Waals surface area contributed by atoms with E-state index in [1.165, 1.54) is 19.2 Å². The van der Waals surface area contributed by atoms with E-state index in [0.717, 1.165) is 0 Å². The molecular weight excluding hydrogens is 400 g/mol. The molecule has 31 heavy (non-hydrogen) atoms. The van der Waals surface area contributed by atoms with E-state index in [1.54, 1.807) is 48.5 Å². The molecule has 0 saturated heterocycles. The number of carbonyl (C=O) groups excluding carboxylic acids is 3. The van der Waals surface area contributed by atoms with Crippen molar-refractivity contribution in [3.8, 4) is 23.0 Å². The predicted molar refractivity (Wildman–Crippen MR) is 111 cm³/mol. The van der Waals surface area contributed by atoms with Gasteiger partial charge in [-0.1, -0.05) is 6.58 Å². The summed E-state index contributed by atoms with van der Waals surface area (Å²) in [6, 6.07) is 16.3. The zero-order valence-electron chi connectivity index (χ0n) is 16.4. The molecule has 0 aliphatic carbocycles. The maximum Gasteiger partial charge on any atom is 0.344 e. The van der Waals surface area contributed by atoms with E-state index in [4.69, 9.17) is 14.2 Å². The van der Waals surface area contributed by atoms with Gasteiger partial charge >= 0.3 is 11.9 Å². The number of cyclic esters (lactones) is 1. The van der Waals surface area contributed by atoms with Gasteiger partial charge in [0.25, 0.3) is 0 Å². The molecule has 0 spiro atoms. The first-order valence-electron chi connectivity index (χ1n) is 9.17. The van der Waals surface area contributed by atoms with Crippen molar-refractivity contribution >= 4 is 24.0 Å². The molecule has 154 valence electrons. The average Bonchev–Trinajstić information content (AvgIpc) is 3.07. The van der Waals surface area contributed by atoms with Crippen LogP contribution in [-0.4, -0.2) is 25.3 Å². The fourth-order valence-electron chi connectivity index (χ4n) is 3.06. The SMILES string of the molecule is C=C1OC(=O)c2ccc(Oc3ccc(Oc4ccc(C(=O)OC)c(C=O)c4)cc3)cc21. The van der Waals surface area contributed by atoms with Crippen LogP contribution in [0.3, 0.4) is 0 Å². The van der Waals surface area contributed by atoms with Crippen LogP contribution in [0.1, 0.15) is 36.6 Å². The molecule has 4 rings (SSSR count). The van der Waals surface area contributed by atoms with Crippen LogP contribution in [0.4, 0.5) is 0 Å². The van der Waals surface area contributed by atoms with Gasteiger partial charge in [0, 0.05) is 11.1 Å². The van der Waals surface area contributed by atoms with Gasteiger partial charge in [-0.05, 0) is 60.7 Å². The number of fused-ring (bicyclic) bond motifs is 1. The lowest BCUT2D eigenvalue weighted by Gasteiger charge is -2.10. The Kier molecular flexibility index (Phi) is 5.24. The number of esters is 2. The van der Waals surface area contributed by atoms with Gasteiger partial charge in [0.05, 0.1) is 18.2 Å². The highest BCUT2D eigenvalue weighted by Crippen LogP contribution is 2.33. The van der Waals surface area contributed by atoms with Gasteiger partial charge in [0.1, 0.15) is 28.8 Å². The summed E-state index contributed by atoms with van der Waals surface area (Å²) in [7, 11) is 1.25. The summed E-state index contributed by atoms with van der Waals surface area (Å²) >= 11 is 0. The minimum absolute atomic E-state index is 0.165. The van der Waals surface area contributed by atoms with Gasteiger partial charge in [0.2, 0.25) is 0 Å². The topological polar surface area (TPSA) is 88.1 Å². The summed E-state index contributed by atoms with van der Waals surface area (Å²) in [6.07, 6.45) is 0.569. The minimum Gasteiger partial charge on any atom is -0.465 e. The summed E-state index contributed by atoms with van der Waals surface area (Å²) in [5, 5.41) is 0. The molecule has 0 fully saturated rings. The summed E-state index contributed by atoms with van der Waals surface area (Å²) in [4.78, 5) is 34.6. The molecule has 1 heterocycles. The maximum absolute atomic E-state index is 11.7. The molecular formula is C24H16O7. The third kappa shape index (κ3) is 4.02. The summed E-state index contributed by atoms with van der Waals surface area (Å²) in [6.45, 7) is 3.72. The van der Waals surface area contributed by atoms with E-state index in [-0.39, 0.29) is 11.1 Å². The normalized spacial score (nSPS) is 12.0. The quantitative estimate of drug-likeness (QED) is 0.412. The lowest BCUT2D eigenvalue weighted by Crippen LogP contribution is -2.05. The van der Waals surface area contributed by atoms with E-state index < -0.39 is 11.9 Å². The Morgan fingerprint density at radius 1 is 0.871 bits per heavy atom. The van der Waals surface area contributed by atoms with E-state index in [0.29, 0.717) is 46.2 Å². The Labute approximate surface area is 177 Å². The van der Waals surface area contributed by atoms with Crippen molar-refractivity contribution in [3.63, 3.8) is 0 Å². The van der Waals surface area contributed by atoms with Gasteiger partial charge in [-0.15, -0.1) is 0 Å². The number of aldehydes is 1. The Morgan fingerprint density at radius 2 is 1.45 bits per heavy atom. The van der Waals surface area contributed by atoms with E-state index in [1.807, 2.05) is 0 Å². The molecule has 0 atom stereocenters. The van der Waals surface area contributed by atoms with E-state index in [9.17, 15) is 14.4 Å².